The molecule has 8 heteroatoms. The molecule has 1 aromatic carbocycles. The van der Waals surface area contributed by atoms with Gasteiger partial charge in [0.05, 0.1) is 0 Å². The Balaban J connectivity index is 1.74. The molecule has 26 heavy (non-hydrogen) atoms. The van der Waals surface area contributed by atoms with E-state index in [0.717, 1.165) is 25.0 Å². The predicted octanol–water partition coefficient (Wildman–Crippen LogP) is 1.89. The Morgan fingerprint density at radius 3 is 2.81 bits per heavy atom. The van der Waals surface area contributed by atoms with Crippen molar-refractivity contribution in [2.75, 3.05) is 6.54 Å². The Morgan fingerprint density at radius 1 is 1.35 bits per heavy atom. The van der Waals surface area contributed by atoms with Gasteiger partial charge in [0.1, 0.15) is 24.0 Å². The summed E-state index contributed by atoms with van der Waals surface area (Å²) >= 11 is 0. The first kappa shape index (κ1) is 18.3. The Morgan fingerprint density at radius 2 is 2.12 bits per heavy atom. The average molecular weight is 364 g/mol. The largest absolute Gasteiger partial charge is 0.346 e. The first-order valence-electron chi connectivity index (χ1n) is 8.78. The van der Waals surface area contributed by atoms with Crippen LogP contribution in [-0.2, 0) is 24.3 Å². The minimum atomic E-state index is -0.496. The van der Waals surface area contributed by atoms with E-state index >= 15 is 0 Å². The maximum atomic E-state index is 13.9. The molecule has 1 amide bonds. The van der Waals surface area contributed by atoms with E-state index in [4.69, 9.17) is 0 Å². The molecule has 0 spiro atoms. The lowest BCUT2D eigenvalue weighted by molar-refractivity contribution is -0.132. The zero-order valence-corrected chi connectivity index (χ0v) is 14.9. The molecule has 140 valence electrons. The van der Waals surface area contributed by atoms with Crippen LogP contribution in [0.1, 0.15) is 31.2 Å². The highest BCUT2D eigenvalue weighted by molar-refractivity contribution is 5.76. The fraction of sp³-hybridized carbons (Fsp3) is 0.500. The molecule has 1 unspecified atom stereocenters. The summed E-state index contributed by atoms with van der Waals surface area (Å²) in [6.45, 7) is 4.45. The molecule has 1 fully saturated rings. The van der Waals surface area contributed by atoms with Gasteiger partial charge < -0.3 is 4.90 Å². The maximum absolute atomic E-state index is 13.9. The van der Waals surface area contributed by atoms with Crippen molar-refractivity contribution in [2.45, 2.75) is 52.2 Å². The molecule has 1 aliphatic heterocycles. The number of rotatable bonds is 5. The lowest BCUT2D eigenvalue weighted by Gasteiger charge is -2.25. The summed E-state index contributed by atoms with van der Waals surface area (Å²) in [7, 11) is 0. The third-order valence-electron chi connectivity index (χ3n) is 4.87. The van der Waals surface area contributed by atoms with Crippen LogP contribution in [0.3, 0.4) is 0 Å². The Kier molecular flexibility index (Phi) is 5.20. The van der Waals surface area contributed by atoms with E-state index in [2.05, 4.69) is 5.10 Å². The highest BCUT2D eigenvalue weighted by Gasteiger charge is 2.30. The number of carbonyl (C=O) groups is 1. The summed E-state index contributed by atoms with van der Waals surface area (Å²) in [4.78, 5) is 26.6. The fourth-order valence-electron chi connectivity index (χ4n) is 3.57. The number of benzene rings is 1. The summed E-state index contributed by atoms with van der Waals surface area (Å²) in [6, 6.07) is 3.15. The highest BCUT2D eigenvalue weighted by atomic mass is 19.1. The van der Waals surface area contributed by atoms with Crippen LogP contribution in [0.25, 0.3) is 0 Å². The molecule has 1 aliphatic rings. The standard InChI is InChI=1S/C18H22F2N4O2/c1-3-22-12(2)21-24(18(22)26)11-17(25)23-8-4-5-15(23)10-13-9-14(19)6-7-16(13)20/h6-7,9,15H,3-5,8,10-11H2,1-2H3. The quantitative estimate of drug-likeness (QED) is 0.814. The van der Waals surface area contributed by atoms with Crippen LogP contribution in [0.2, 0.25) is 0 Å². The highest BCUT2D eigenvalue weighted by Crippen LogP contribution is 2.23. The van der Waals surface area contributed by atoms with Gasteiger partial charge in [-0.2, -0.15) is 5.10 Å². The first-order chi connectivity index (χ1) is 12.4. The lowest BCUT2D eigenvalue weighted by atomic mass is 10.0. The van der Waals surface area contributed by atoms with E-state index in [9.17, 15) is 18.4 Å². The molecular formula is C18H22F2N4O2. The van der Waals surface area contributed by atoms with Crippen molar-refractivity contribution < 1.29 is 13.6 Å². The smallest absolute Gasteiger partial charge is 0.338 e. The lowest BCUT2D eigenvalue weighted by Crippen LogP contribution is -2.41. The molecular weight excluding hydrogens is 342 g/mol. The molecule has 2 heterocycles. The second-order valence-corrected chi connectivity index (χ2v) is 6.55. The van der Waals surface area contributed by atoms with Crippen LogP contribution < -0.4 is 5.69 Å². The number of aryl methyl sites for hydroxylation is 1. The van der Waals surface area contributed by atoms with E-state index in [0.29, 0.717) is 18.9 Å². The number of halogens is 2. The van der Waals surface area contributed by atoms with Gasteiger partial charge in [-0.15, -0.1) is 0 Å². The molecule has 0 N–H and O–H groups in total. The normalized spacial score (nSPS) is 17.1. The average Bonchev–Trinajstić information content (AvgIpc) is 3.16. The number of likely N-dealkylation sites (tertiary alicyclic amines) is 1. The summed E-state index contributed by atoms with van der Waals surface area (Å²) in [6.07, 6.45) is 1.77. The van der Waals surface area contributed by atoms with E-state index in [-0.39, 0.29) is 36.2 Å². The molecule has 1 saturated heterocycles. The zero-order chi connectivity index (χ0) is 18.8. The minimum absolute atomic E-state index is 0.144. The van der Waals surface area contributed by atoms with Gasteiger partial charge in [0.15, 0.2) is 0 Å². The van der Waals surface area contributed by atoms with Gasteiger partial charge >= 0.3 is 5.69 Å². The van der Waals surface area contributed by atoms with Crippen LogP contribution in [0.5, 0.6) is 0 Å². The monoisotopic (exact) mass is 364 g/mol. The topological polar surface area (TPSA) is 60.1 Å². The van der Waals surface area contributed by atoms with E-state index in [1.54, 1.807) is 11.8 Å². The van der Waals surface area contributed by atoms with Crippen LogP contribution >= 0.6 is 0 Å². The number of hydrogen-bond donors (Lipinski definition) is 0. The molecule has 0 radical (unpaired) electrons. The van der Waals surface area contributed by atoms with Gasteiger partial charge in [0, 0.05) is 19.1 Å². The Bertz CT molecular complexity index is 875. The zero-order valence-electron chi connectivity index (χ0n) is 14.9. The SMILES string of the molecule is CCn1c(C)nn(CC(=O)N2CCCC2Cc2cc(F)ccc2F)c1=O. The third kappa shape index (κ3) is 3.54. The molecule has 1 atom stereocenters. The number of amides is 1. The molecule has 3 rings (SSSR count). The molecule has 0 saturated carbocycles. The van der Waals surface area contributed by atoms with Gasteiger partial charge in [-0.25, -0.2) is 18.3 Å². The number of aromatic nitrogens is 3. The third-order valence-corrected chi connectivity index (χ3v) is 4.87. The van der Waals surface area contributed by atoms with Crippen LogP contribution in [-0.4, -0.2) is 37.7 Å². The molecule has 2 aromatic rings. The Labute approximate surface area is 150 Å². The maximum Gasteiger partial charge on any atom is 0.346 e. The van der Waals surface area contributed by atoms with Gasteiger partial charge in [0.25, 0.3) is 0 Å². The van der Waals surface area contributed by atoms with Crippen molar-refractivity contribution in [1.82, 2.24) is 19.2 Å². The number of nitrogens with zero attached hydrogens (tertiary/aromatic N) is 4. The second-order valence-electron chi connectivity index (χ2n) is 6.55. The first-order valence-corrected chi connectivity index (χ1v) is 8.78. The van der Waals surface area contributed by atoms with Crippen LogP contribution in [0.15, 0.2) is 23.0 Å². The Hall–Kier alpha value is -2.51. The summed E-state index contributed by atoms with van der Waals surface area (Å²) in [5.41, 5.74) is -0.0526. The van der Waals surface area contributed by atoms with Crippen molar-refractivity contribution >= 4 is 5.91 Å². The van der Waals surface area contributed by atoms with E-state index in [1.165, 1.54) is 15.3 Å². The number of carbonyl (C=O) groups excluding carboxylic acids is 1. The van der Waals surface area contributed by atoms with Crippen LogP contribution in [0.4, 0.5) is 8.78 Å². The molecule has 6 nitrogen and oxygen atoms in total. The number of hydrogen-bond acceptors (Lipinski definition) is 3. The fourth-order valence-corrected chi connectivity index (χ4v) is 3.57. The van der Waals surface area contributed by atoms with Crippen molar-refractivity contribution in [3.05, 3.63) is 51.7 Å². The van der Waals surface area contributed by atoms with Crippen molar-refractivity contribution in [2.24, 2.45) is 0 Å². The van der Waals surface area contributed by atoms with E-state index in [1.807, 2.05) is 6.92 Å². The summed E-state index contributed by atoms with van der Waals surface area (Å²) in [5, 5.41) is 4.14. The summed E-state index contributed by atoms with van der Waals surface area (Å²) in [5.74, 6) is -0.638. The predicted molar refractivity (Wildman–Crippen MR) is 91.7 cm³/mol. The van der Waals surface area contributed by atoms with Gasteiger partial charge in [-0.05, 0) is 56.9 Å². The van der Waals surface area contributed by atoms with Crippen LogP contribution in [0, 0.1) is 18.6 Å². The van der Waals surface area contributed by atoms with Crippen molar-refractivity contribution in [1.29, 1.82) is 0 Å². The van der Waals surface area contributed by atoms with Crippen molar-refractivity contribution in [3.63, 3.8) is 0 Å². The van der Waals surface area contributed by atoms with E-state index < -0.39 is 11.6 Å². The second kappa shape index (κ2) is 7.39. The van der Waals surface area contributed by atoms with Gasteiger partial charge in [0.2, 0.25) is 5.91 Å². The van der Waals surface area contributed by atoms with Gasteiger partial charge in [-0.1, -0.05) is 0 Å². The molecule has 1 aromatic heterocycles. The summed E-state index contributed by atoms with van der Waals surface area (Å²) < 4.78 is 30.0. The molecule has 0 bridgehead atoms. The van der Waals surface area contributed by atoms with Crippen molar-refractivity contribution in [3.8, 4) is 0 Å². The minimum Gasteiger partial charge on any atom is -0.338 e. The van der Waals surface area contributed by atoms with Gasteiger partial charge in [-0.3, -0.25) is 9.36 Å². The molecule has 0 aliphatic carbocycles.